The summed E-state index contributed by atoms with van der Waals surface area (Å²) in [7, 11) is 0. The minimum atomic E-state index is -0.423. The molecule has 1 aliphatic carbocycles. The molecule has 6 nitrogen and oxygen atoms in total. The van der Waals surface area contributed by atoms with E-state index in [1.165, 1.54) is 4.80 Å². The van der Waals surface area contributed by atoms with Crippen LogP contribution in [0.15, 0.2) is 36.4 Å². The molecule has 3 atom stereocenters. The van der Waals surface area contributed by atoms with Gasteiger partial charge in [-0.05, 0) is 48.9 Å². The number of aromatic nitrogens is 3. The van der Waals surface area contributed by atoms with E-state index in [4.69, 9.17) is 4.74 Å². The number of aromatic hydroxyl groups is 1. The molecular formula is C24H31N3O3. The van der Waals surface area contributed by atoms with Crippen molar-refractivity contribution >= 4 is 11.0 Å². The number of aliphatic hydroxyl groups excluding tert-OH is 1. The summed E-state index contributed by atoms with van der Waals surface area (Å²) >= 11 is 0. The van der Waals surface area contributed by atoms with E-state index in [1.807, 2.05) is 43.3 Å². The molecule has 30 heavy (non-hydrogen) atoms. The standard InChI is InChI=1S/C24H31N3O3/c1-15(30-21-12-8-7-11-20(21)28)16-13-14-19(23(29)22(16)24(2,3)4)27-25-17-9-5-6-10-18(17)26-27/h5-6,9-10,13-15,20-21,28-29H,7-8,11-12H2,1-4H3. The van der Waals surface area contributed by atoms with Gasteiger partial charge in [-0.1, -0.05) is 51.8 Å². The molecule has 3 aromatic rings. The Hall–Kier alpha value is -2.44. The minimum absolute atomic E-state index is 0.165. The topological polar surface area (TPSA) is 80.4 Å². The highest BCUT2D eigenvalue weighted by Gasteiger charge is 2.31. The van der Waals surface area contributed by atoms with E-state index in [2.05, 4.69) is 31.0 Å². The molecule has 1 aliphatic rings. The van der Waals surface area contributed by atoms with E-state index in [9.17, 15) is 10.2 Å². The maximum Gasteiger partial charge on any atom is 0.147 e. The van der Waals surface area contributed by atoms with Crippen molar-refractivity contribution in [2.24, 2.45) is 0 Å². The second kappa shape index (κ2) is 8.00. The van der Waals surface area contributed by atoms with Gasteiger partial charge in [0.15, 0.2) is 0 Å². The van der Waals surface area contributed by atoms with Gasteiger partial charge in [0.25, 0.3) is 0 Å². The number of aliphatic hydroxyl groups is 1. The van der Waals surface area contributed by atoms with Gasteiger partial charge in [-0.25, -0.2) is 0 Å². The fourth-order valence-electron chi connectivity index (χ4n) is 4.42. The highest BCUT2D eigenvalue weighted by molar-refractivity contribution is 5.73. The molecule has 2 aromatic carbocycles. The maximum atomic E-state index is 11.3. The van der Waals surface area contributed by atoms with Crippen LogP contribution in [0.1, 0.15) is 70.6 Å². The zero-order valence-electron chi connectivity index (χ0n) is 18.2. The fraction of sp³-hybridized carbons (Fsp3) is 0.500. The molecule has 0 radical (unpaired) electrons. The van der Waals surface area contributed by atoms with E-state index in [0.717, 1.165) is 47.8 Å². The van der Waals surface area contributed by atoms with Gasteiger partial charge in [0.1, 0.15) is 22.5 Å². The average Bonchev–Trinajstić information content (AvgIpc) is 3.12. The van der Waals surface area contributed by atoms with Crippen LogP contribution in [-0.2, 0) is 10.2 Å². The number of benzene rings is 2. The van der Waals surface area contributed by atoms with Gasteiger partial charge >= 0.3 is 0 Å². The Morgan fingerprint density at radius 3 is 2.27 bits per heavy atom. The minimum Gasteiger partial charge on any atom is -0.505 e. The number of nitrogens with zero attached hydrogens (tertiary/aromatic N) is 3. The molecule has 4 rings (SSSR count). The highest BCUT2D eigenvalue weighted by Crippen LogP contribution is 2.41. The zero-order valence-corrected chi connectivity index (χ0v) is 18.2. The first-order valence-electron chi connectivity index (χ1n) is 10.8. The lowest BCUT2D eigenvalue weighted by Crippen LogP contribution is -2.33. The second-order valence-electron chi connectivity index (χ2n) is 9.29. The Kier molecular flexibility index (Phi) is 5.55. The Balaban J connectivity index is 1.73. The second-order valence-corrected chi connectivity index (χ2v) is 9.29. The third kappa shape index (κ3) is 3.94. The van der Waals surface area contributed by atoms with Crippen molar-refractivity contribution in [2.75, 3.05) is 0 Å². The third-order valence-corrected chi connectivity index (χ3v) is 5.93. The van der Waals surface area contributed by atoms with E-state index in [0.29, 0.717) is 5.69 Å². The fourth-order valence-corrected chi connectivity index (χ4v) is 4.42. The molecule has 2 N–H and O–H groups in total. The van der Waals surface area contributed by atoms with Crippen LogP contribution >= 0.6 is 0 Å². The molecule has 0 amide bonds. The van der Waals surface area contributed by atoms with Crippen molar-refractivity contribution in [2.45, 2.75) is 77.1 Å². The van der Waals surface area contributed by atoms with Crippen molar-refractivity contribution in [1.82, 2.24) is 15.0 Å². The van der Waals surface area contributed by atoms with Gasteiger partial charge in [0.05, 0.1) is 18.3 Å². The SMILES string of the molecule is CC(OC1CCCCC1O)c1ccc(-n2nc3ccccc3n2)c(O)c1C(C)(C)C. The molecule has 3 unspecified atom stereocenters. The summed E-state index contributed by atoms with van der Waals surface area (Å²) in [5.74, 6) is 0.167. The van der Waals surface area contributed by atoms with Crippen LogP contribution in [0.4, 0.5) is 0 Å². The summed E-state index contributed by atoms with van der Waals surface area (Å²) in [5.41, 5.74) is 3.54. The first-order chi connectivity index (χ1) is 14.3. The Morgan fingerprint density at radius 2 is 1.67 bits per heavy atom. The first-order valence-corrected chi connectivity index (χ1v) is 10.8. The van der Waals surface area contributed by atoms with Gasteiger partial charge in [-0.15, -0.1) is 15.0 Å². The highest BCUT2D eigenvalue weighted by atomic mass is 16.5. The number of rotatable bonds is 4. The molecule has 1 heterocycles. The van der Waals surface area contributed by atoms with Crippen LogP contribution in [0.3, 0.4) is 0 Å². The molecule has 1 fully saturated rings. The normalized spacial score (nSPS) is 21.1. The lowest BCUT2D eigenvalue weighted by atomic mass is 9.81. The third-order valence-electron chi connectivity index (χ3n) is 5.93. The predicted octanol–water partition coefficient (Wildman–Crippen LogP) is 4.80. The van der Waals surface area contributed by atoms with Crippen molar-refractivity contribution in [1.29, 1.82) is 0 Å². The molecule has 6 heteroatoms. The van der Waals surface area contributed by atoms with Crippen LogP contribution in [0.5, 0.6) is 5.75 Å². The molecule has 1 saturated carbocycles. The van der Waals surface area contributed by atoms with Gasteiger partial charge in [-0.3, -0.25) is 0 Å². The summed E-state index contributed by atoms with van der Waals surface area (Å²) in [6.45, 7) is 8.21. The van der Waals surface area contributed by atoms with Crippen molar-refractivity contribution < 1.29 is 14.9 Å². The summed E-state index contributed by atoms with van der Waals surface area (Å²) < 4.78 is 6.27. The first kappa shape index (κ1) is 20.8. The van der Waals surface area contributed by atoms with E-state index < -0.39 is 6.10 Å². The number of ether oxygens (including phenoxy) is 1. The number of fused-ring (bicyclic) bond motifs is 1. The molecular weight excluding hydrogens is 378 g/mol. The molecule has 0 spiro atoms. The van der Waals surface area contributed by atoms with Gasteiger partial charge in [0, 0.05) is 5.56 Å². The molecule has 0 saturated heterocycles. The van der Waals surface area contributed by atoms with Crippen molar-refractivity contribution in [3.05, 3.63) is 47.5 Å². The lowest BCUT2D eigenvalue weighted by molar-refractivity contribution is -0.0903. The quantitative estimate of drug-likeness (QED) is 0.647. The van der Waals surface area contributed by atoms with Crippen LogP contribution in [0.2, 0.25) is 0 Å². The molecule has 1 aromatic heterocycles. The van der Waals surface area contributed by atoms with Crippen LogP contribution in [0, 0.1) is 0 Å². The molecule has 0 aliphatic heterocycles. The molecule has 0 bridgehead atoms. The average molecular weight is 410 g/mol. The zero-order chi connectivity index (χ0) is 21.5. The van der Waals surface area contributed by atoms with Gasteiger partial charge < -0.3 is 14.9 Å². The van der Waals surface area contributed by atoms with Crippen LogP contribution < -0.4 is 0 Å². The van der Waals surface area contributed by atoms with Crippen LogP contribution in [-0.4, -0.2) is 37.4 Å². The predicted molar refractivity (Wildman–Crippen MR) is 117 cm³/mol. The summed E-state index contributed by atoms with van der Waals surface area (Å²) in [6, 6.07) is 11.5. The summed E-state index contributed by atoms with van der Waals surface area (Å²) in [5, 5.41) is 30.7. The maximum absolute atomic E-state index is 11.3. The van der Waals surface area contributed by atoms with Gasteiger partial charge in [-0.2, -0.15) is 0 Å². The smallest absolute Gasteiger partial charge is 0.147 e. The van der Waals surface area contributed by atoms with Crippen molar-refractivity contribution in [3.63, 3.8) is 0 Å². The summed E-state index contributed by atoms with van der Waals surface area (Å²) in [4.78, 5) is 1.50. The van der Waals surface area contributed by atoms with Gasteiger partial charge in [0.2, 0.25) is 0 Å². The van der Waals surface area contributed by atoms with Crippen molar-refractivity contribution in [3.8, 4) is 11.4 Å². The van der Waals surface area contributed by atoms with E-state index in [-0.39, 0.29) is 23.4 Å². The number of phenols is 1. The van der Waals surface area contributed by atoms with E-state index >= 15 is 0 Å². The monoisotopic (exact) mass is 409 g/mol. The lowest BCUT2D eigenvalue weighted by Gasteiger charge is -2.33. The Morgan fingerprint density at radius 1 is 1.03 bits per heavy atom. The number of phenolic OH excluding ortho intramolecular Hbond substituents is 1. The Bertz CT molecular complexity index is 1000. The van der Waals surface area contributed by atoms with Crippen LogP contribution in [0.25, 0.3) is 16.7 Å². The number of hydrogen-bond donors (Lipinski definition) is 2. The molecule has 160 valence electrons. The largest absolute Gasteiger partial charge is 0.505 e. The Labute approximate surface area is 177 Å². The summed E-state index contributed by atoms with van der Waals surface area (Å²) in [6.07, 6.45) is 2.93. The number of hydrogen-bond acceptors (Lipinski definition) is 5. The van der Waals surface area contributed by atoms with E-state index in [1.54, 1.807) is 0 Å².